The third kappa shape index (κ3) is 3.51. The minimum Gasteiger partial charge on any atom is -0.316 e. The molecule has 2 aliphatic rings. The van der Waals surface area contributed by atoms with Crippen molar-refractivity contribution in [2.24, 2.45) is 10.1 Å². The van der Waals surface area contributed by atoms with Gasteiger partial charge in [-0.15, -0.1) is 0 Å². The Kier molecular flexibility index (Phi) is 5.61. The van der Waals surface area contributed by atoms with Crippen LogP contribution in [0.1, 0.15) is 36.7 Å². The molecule has 6 nitrogen and oxygen atoms in total. The van der Waals surface area contributed by atoms with Crippen molar-refractivity contribution in [2.75, 3.05) is 0 Å². The van der Waals surface area contributed by atoms with Crippen molar-refractivity contribution in [1.29, 1.82) is 5.41 Å². The van der Waals surface area contributed by atoms with Gasteiger partial charge < -0.3 is 4.57 Å². The highest BCUT2D eigenvalue weighted by atomic mass is 35.5. The van der Waals surface area contributed by atoms with Crippen molar-refractivity contribution < 1.29 is 4.79 Å². The van der Waals surface area contributed by atoms with Gasteiger partial charge in [0.15, 0.2) is 5.84 Å². The van der Waals surface area contributed by atoms with E-state index in [2.05, 4.69) is 17.0 Å². The Bertz CT molecular complexity index is 1180. The maximum atomic E-state index is 12.7. The van der Waals surface area contributed by atoms with Gasteiger partial charge in [-0.05, 0) is 68.3 Å². The summed E-state index contributed by atoms with van der Waals surface area (Å²) in [5, 5.41) is 16.7. The monoisotopic (exact) mass is 459 g/mol. The largest absolute Gasteiger partial charge is 0.316 e. The van der Waals surface area contributed by atoms with E-state index in [-0.39, 0.29) is 11.4 Å². The lowest BCUT2D eigenvalue weighted by atomic mass is 10.1. The second-order valence-electron chi connectivity index (χ2n) is 7.00. The number of amides is 1. The van der Waals surface area contributed by atoms with Gasteiger partial charge in [-0.3, -0.25) is 10.2 Å². The number of fused-ring (bicyclic) bond motifs is 1. The number of hydrogen-bond acceptors (Lipinski definition) is 4. The number of aliphatic imine (C=N–C) groups is 1. The number of halogens is 2. The molecule has 4 rings (SSSR count). The van der Waals surface area contributed by atoms with Crippen LogP contribution in [0.25, 0.3) is 11.8 Å². The van der Waals surface area contributed by atoms with Crippen LogP contribution < -0.4 is 0 Å². The van der Waals surface area contributed by atoms with E-state index in [1.165, 1.54) is 16.8 Å². The van der Waals surface area contributed by atoms with Crippen molar-refractivity contribution in [1.82, 2.24) is 9.58 Å². The van der Waals surface area contributed by atoms with Crippen LogP contribution in [0.5, 0.6) is 0 Å². The van der Waals surface area contributed by atoms with Crippen LogP contribution in [0.4, 0.5) is 0 Å². The van der Waals surface area contributed by atoms with Crippen LogP contribution in [0, 0.1) is 19.3 Å². The van der Waals surface area contributed by atoms with Crippen LogP contribution >= 0.6 is 35.0 Å². The van der Waals surface area contributed by atoms with Gasteiger partial charge in [-0.2, -0.15) is 15.1 Å². The molecule has 1 N–H and O–H groups in total. The van der Waals surface area contributed by atoms with Crippen molar-refractivity contribution in [3.05, 3.63) is 56.8 Å². The fourth-order valence-electron chi connectivity index (χ4n) is 3.47. The highest BCUT2D eigenvalue weighted by molar-refractivity contribution is 8.26. The Morgan fingerprint density at radius 2 is 2.03 bits per heavy atom. The zero-order chi connectivity index (χ0) is 21.6. The minimum atomic E-state index is -0.433. The molecule has 2 aliphatic heterocycles. The number of benzene rings is 1. The molecule has 1 amide bonds. The minimum absolute atomic E-state index is 0.0363. The van der Waals surface area contributed by atoms with Gasteiger partial charge in [-0.1, -0.05) is 36.2 Å². The predicted octanol–water partition coefficient (Wildman–Crippen LogP) is 5.82. The SMILES string of the molecule is CCCC1=NN2C(=N)/C(=C\c3cc(C)n(-c4cccc(Cl)c4Cl)c3C)C(=O)N=C2S1. The number of amidine groups is 2. The lowest BCUT2D eigenvalue weighted by molar-refractivity contribution is -0.114. The summed E-state index contributed by atoms with van der Waals surface area (Å²) in [4.78, 5) is 16.8. The summed E-state index contributed by atoms with van der Waals surface area (Å²) in [6.07, 6.45) is 3.43. The predicted molar refractivity (Wildman–Crippen MR) is 125 cm³/mol. The van der Waals surface area contributed by atoms with E-state index in [0.29, 0.717) is 15.2 Å². The van der Waals surface area contributed by atoms with E-state index in [9.17, 15) is 4.79 Å². The first-order valence-electron chi connectivity index (χ1n) is 9.44. The molecule has 154 valence electrons. The number of nitrogens with one attached hydrogen (secondary N) is 1. The molecule has 0 atom stereocenters. The summed E-state index contributed by atoms with van der Waals surface area (Å²) in [6, 6.07) is 7.42. The molecule has 9 heteroatoms. The second-order valence-corrected chi connectivity index (χ2v) is 8.82. The maximum absolute atomic E-state index is 12.7. The Hall–Kier alpha value is -2.35. The number of carbonyl (C=O) groups excluding carboxylic acids is 1. The van der Waals surface area contributed by atoms with Crippen LogP contribution in [-0.4, -0.2) is 31.5 Å². The highest BCUT2D eigenvalue weighted by Crippen LogP contribution is 2.33. The van der Waals surface area contributed by atoms with Crippen LogP contribution in [0.15, 0.2) is 39.9 Å². The first-order valence-corrected chi connectivity index (χ1v) is 11.0. The Morgan fingerprint density at radius 1 is 1.27 bits per heavy atom. The number of aromatic nitrogens is 1. The molecular formula is C21H19Cl2N5OS. The molecule has 0 spiro atoms. The lowest BCUT2D eigenvalue weighted by Gasteiger charge is -2.20. The smallest absolute Gasteiger partial charge is 0.283 e. The average Bonchev–Trinajstić information content (AvgIpc) is 3.22. The van der Waals surface area contributed by atoms with Crippen LogP contribution in [0.2, 0.25) is 10.0 Å². The summed E-state index contributed by atoms with van der Waals surface area (Å²) in [5.74, 6) is -0.397. The lowest BCUT2D eigenvalue weighted by Crippen LogP contribution is -2.35. The summed E-state index contributed by atoms with van der Waals surface area (Å²) >= 11 is 14.0. The summed E-state index contributed by atoms with van der Waals surface area (Å²) in [5.41, 5.74) is 3.59. The normalized spacial score (nSPS) is 17.5. The Labute approximate surface area is 188 Å². The van der Waals surface area contributed by atoms with Gasteiger partial charge in [0.05, 0.1) is 21.3 Å². The standard InChI is InChI=1S/C21H19Cl2N5OS/c1-4-6-17-26-28-19(24)14(20(29)25-21(28)30-17)10-13-9-11(2)27(12(13)3)16-8-5-7-15(22)18(16)23/h5,7-10,24H,4,6H2,1-3H3/b14-10+,24-19?. The molecule has 2 aromatic rings. The fraction of sp³-hybridized carbons (Fsp3) is 0.238. The van der Waals surface area contributed by atoms with Gasteiger partial charge in [0.1, 0.15) is 5.04 Å². The van der Waals surface area contributed by atoms with E-state index < -0.39 is 5.91 Å². The zero-order valence-corrected chi connectivity index (χ0v) is 19.0. The topological polar surface area (TPSA) is 73.8 Å². The average molecular weight is 460 g/mol. The van der Waals surface area contributed by atoms with Crippen molar-refractivity contribution >= 4 is 63.0 Å². The van der Waals surface area contributed by atoms with Crippen LogP contribution in [0.3, 0.4) is 0 Å². The third-order valence-corrected chi connectivity index (χ3v) is 6.68. The van der Waals surface area contributed by atoms with Gasteiger partial charge >= 0.3 is 0 Å². The molecule has 0 radical (unpaired) electrons. The molecule has 30 heavy (non-hydrogen) atoms. The Morgan fingerprint density at radius 3 is 2.77 bits per heavy atom. The molecule has 3 heterocycles. The molecule has 0 bridgehead atoms. The number of thioether (sulfide) groups is 1. The second kappa shape index (κ2) is 8.06. The molecule has 1 aromatic carbocycles. The number of aryl methyl sites for hydroxylation is 1. The number of hydrazone groups is 1. The molecule has 0 unspecified atom stereocenters. The van der Waals surface area contributed by atoms with E-state index in [4.69, 9.17) is 28.6 Å². The van der Waals surface area contributed by atoms with E-state index in [1.807, 2.05) is 36.6 Å². The summed E-state index contributed by atoms with van der Waals surface area (Å²) in [6.45, 7) is 5.95. The van der Waals surface area contributed by atoms with E-state index in [0.717, 1.165) is 40.5 Å². The maximum Gasteiger partial charge on any atom is 0.283 e. The van der Waals surface area contributed by atoms with Gasteiger partial charge in [0.2, 0.25) is 5.17 Å². The van der Waals surface area contributed by atoms with Crippen molar-refractivity contribution in [3.63, 3.8) is 0 Å². The molecule has 0 saturated heterocycles. The number of nitrogens with zero attached hydrogens (tertiary/aromatic N) is 4. The van der Waals surface area contributed by atoms with Gasteiger partial charge in [-0.25, -0.2) is 0 Å². The van der Waals surface area contributed by atoms with E-state index in [1.54, 1.807) is 12.1 Å². The summed E-state index contributed by atoms with van der Waals surface area (Å²) < 4.78 is 1.98. The molecule has 1 aromatic heterocycles. The van der Waals surface area contributed by atoms with Crippen molar-refractivity contribution in [2.45, 2.75) is 33.6 Å². The first-order chi connectivity index (χ1) is 14.3. The first kappa shape index (κ1) is 20.9. The number of carbonyl (C=O) groups is 1. The van der Waals surface area contributed by atoms with Gasteiger partial charge in [0.25, 0.3) is 5.91 Å². The van der Waals surface area contributed by atoms with Gasteiger partial charge in [0, 0.05) is 11.4 Å². The zero-order valence-electron chi connectivity index (χ0n) is 16.7. The number of rotatable bonds is 4. The Balaban J connectivity index is 1.75. The molecule has 0 saturated carbocycles. The van der Waals surface area contributed by atoms with Crippen molar-refractivity contribution in [3.8, 4) is 5.69 Å². The van der Waals surface area contributed by atoms with Crippen LogP contribution in [-0.2, 0) is 4.79 Å². The highest BCUT2D eigenvalue weighted by Gasteiger charge is 2.35. The summed E-state index contributed by atoms with van der Waals surface area (Å²) in [7, 11) is 0. The third-order valence-electron chi connectivity index (χ3n) is 4.90. The van der Waals surface area contributed by atoms with E-state index >= 15 is 0 Å². The molecule has 0 aliphatic carbocycles. The number of hydrogen-bond donors (Lipinski definition) is 1. The molecular weight excluding hydrogens is 441 g/mol. The quantitative estimate of drug-likeness (QED) is 0.585. The fourth-order valence-corrected chi connectivity index (χ4v) is 4.84. The molecule has 0 fully saturated rings.